The molecule has 3 heterocycles. The summed E-state index contributed by atoms with van der Waals surface area (Å²) >= 11 is 0. The van der Waals surface area contributed by atoms with E-state index in [-0.39, 0.29) is 23.3 Å². The van der Waals surface area contributed by atoms with Crippen molar-refractivity contribution in [2.45, 2.75) is 58.4 Å². The molecule has 3 fully saturated rings. The molecule has 0 aliphatic carbocycles. The first-order chi connectivity index (χ1) is 13.5. The molecule has 1 spiro atoms. The lowest BCUT2D eigenvalue weighted by Gasteiger charge is -2.51. The lowest BCUT2D eigenvalue weighted by molar-refractivity contribution is -0.147. The van der Waals surface area contributed by atoms with Gasteiger partial charge in [0.1, 0.15) is 6.04 Å². The standard InChI is InChI=1S/C23H32N2O3/c1-17-6-7-19(16-18(17)2)21(26)25-13-5-8-23(9-14-28-15-10-23)20(25)22(27)24-11-3-4-12-24/h6-7,16,20H,3-5,8-15H2,1-2H3. The smallest absolute Gasteiger partial charge is 0.254 e. The van der Waals surface area contributed by atoms with Crippen LogP contribution in [0.25, 0.3) is 0 Å². The molecular weight excluding hydrogens is 352 g/mol. The highest BCUT2D eigenvalue weighted by atomic mass is 16.5. The SMILES string of the molecule is Cc1ccc(C(=O)N2CCCC3(CCOCC3)C2C(=O)N2CCCC2)cc1C. The third kappa shape index (κ3) is 3.45. The fourth-order valence-electron chi connectivity index (χ4n) is 5.26. The molecule has 2 amide bonds. The number of likely N-dealkylation sites (tertiary alicyclic amines) is 2. The van der Waals surface area contributed by atoms with E-state index >= 15 is 0 Å². The van der Waals surface area contributed by atoms with Gasteiger partial charge in [0.15, 0.2) is 0 Å². The van der Waals surface area contributed by atoms with E-state index in [1.807, 2.05) is 34.9 Å². The van der Waals surface area contributed by atoms with Gasteiger partial charge in [-0.1, -0.05) is 6.07 Å². The number of hydrogen-bond donors (Lipinski definition) is 0. The van der Waals surface area contributed by atoms with Crippen molar-refractivity contribution in [3.63, 3.8) is 0 Å². The van der Waals surface area contributed by atoms with Crippen LogP contribution in [0.2, 0.25) is 0 Å². The first-order valence-corrected chi connectivity index (χ1v) is 10.8. The summed E-state index contributed by atoms with van der Waals surface area (Å²) in [6.07, 6.45) is 5.85. The Balaban J connectivity index is 1.69. The van der Waals surface area contributed by atoms with E-state index in [0.29, 0.717) is 25.3 Å². The molecular formula is C23H32N2O3. The van der Waals surface area contributed by atoms with Crippen LogP contribution in [0.1, 0.15) is 60.0 Å². The number of nitrogens with zero attached hydrogens (tertiary/aromatic N) is 2. The van der Waals surface area contributed by atoms with Crippen molar-refractivity contribution in [3.05, 3.63) is 34.9 Å². The summed E-state index contributed by atoms with van der Waals surface area (Å²) < 4.78 is 5.63. The molecule has 1 aromatic rings. The highest BCUT2D eigenvalue weighted by Gasteiger charge is 2.51. The quantitative estimate of drug-likeness (QED) is 0.786. The highest BCUT2D eigenvalue weighted by molar-refractivity contribution is 5.98. The molecule has 1 atom stereocenters. The summed E-state index contributed by atoms with van der Waals surface area (Å²) in [5.41, 5.74) is 2.87. The molecule has 1 aromatic carbocycles. The first kappa shape index (κ1) is 19.4. The number of benzene rings is 1. The molecule has 28 heavy (non-hydrogen) atoms. The van der Waals surface area contributed by atoms with Gasteiger partial charge in [0, 0.05) is 43.8 Å². The number of hydrogen-bond acceptors (Lipinski definition) is 3. The van der Waals surface area contributed by atoms with E-state index in [1.54, 1.807) is 0 Å². The van der Waals surface area contributed by atoms with Crippen LogP contribution in [0.3, 0.4) is 0 Å². The van der Waals surface area contributed by atoms with Crippen molar-refractivity contribution in [1.82, 2.24) is 9.80 Å². The van der Waals surface area contributed by atoms with Crippen LogP contribution in [0.15, 0.2) is 18.2 Å². The maximum Gasteiger partial charge on any atom is 0.254 e. The van der Waals surface area contributed by atoms with E-state index in [9.17, 15) is 9.59 Å². The summed E-state index contributed by atoms with van der Waals surface area (Å²) in [6, 6.07) is 5.54. The second-order valence-corrected chi connectivity index (χ2v) is 8.81. The highest BCUT2D eigenvalue weighted by Crippen LogP contribution is 2.45. The number of rotatable bonds is 2. The Morgan fingerprint density at radius 3 is 2.36 bits per heavy atom. The molecule has 0 aromatic heterocycles. The zero-order valence-electron chi connectivity index (χ0n) is 17.2. The number of carbonyl (C=O) groups is 2. The van der Waals surface area contributed by atoms with Crippen LogP contribution in [-0.4, -0.2) is 60.5 Å². The second-order valence-electron chi connectivity index (χ2n) is 8.81. The molecule has 3 aliphatic rings. The van der Waals surface area contributed by atoms with Crippen LogP contribution in [0, 0.1) is 19.3 Å². The van der Waals surface area contributed by atoms with Crippen molar-refractivity contribution in [1.29, 1.82) is 0 Å². The molecule has 3 saturated heterocycles. The van der Waals surface area contributed by atoms with Crippen LogP contribution >= 0.6 is 0 Å². The maximum atomic E-state index is 13.6. The Bertz CT molecular complexity index is 743. The minimum absolute atomic E-state index is 0.00575. The predicted molar refractivity (Wildman–Crippen MR) is 108 cm³/mol. The van der Waals surface area contributed by atoms with Crippen LogP contribution in [-0.2, 0) is 9.53 Å². The fourth-order valence-corrected chi connectivity index (χ4v) is 5.26. The molecule has 0 bridgehead atoms. The zero-order chi connectivity index (χ0) is 19.7. The van der Waals surface area contributed by atoms with Crippen LogP contribution in [0.4, 0.5) is 0 Å². The van der Waals surface area contributed by atoms with E-state index in [1.165, 1.54) is 5.56 Å². The lowest BCUT2D eigenvalue weighted by Crippen LogP contribution is -2.62. The Morgan fingerprint density at radius 1 is 0.964 bits per heavy atom. The molecule has 5 heteroatoms. The molecule has 0 radical (unpaired) electrons. The fraction of sp³-hybridized carbons (Fsp3) is 0.652. The van der Waals surface area contributed by atoms with Gasteiger partial charge in [0.25, 0.3) is 5.91 Å². The number of carbonyl (C=O) groups excluding carboxylic acids is 2. The van der Waals surface area contributed by atoms with Gasteiger partial charge in [0.05, 0.1) is 0 Å². The van der Waals surface area contributed by atoms with Crippen molar-refractivity contribution in [2.75, 3.05) is 32.8 Å². The summed E-state index contributed by atoms with van der Waals surface area (Å²) in [5.74, 6) is 0.169. The molecule has 0 N–H and O–H groups in total. The Hall–Kier alpha value is -1.88. The maximum absolute atomic E-state index is 13.6. The molecule has 1 unspecified atom stereocenters. The largest absolute Gasteiger partial charge is 0.381 e. The average molecular weight is 385 g/mol. The zero-order valence-corrected chi connectivity index (χ0v) is 17.2. The predicted octanol–water partition coefficient (Wildman–Crippen LogP) is 3.33. The summed E-state index contributed by atoms with van der Waals surface area (Å²) in [5, 5.41) is 0. The number of ether oxygens (including phenoxy) is 1. The molecule has 4 rings (SSSR count). The summed E-state index contributed by atoms with van der Waals surface area (Å²) in [6.45, 7) is 7.79. The van der Waals surface area contributed by atoms with Crippen LogP contribution < -0.4 is 0 Å². The summed E-state index contributed by atoms with van der Waals surface area (Å²) in [4.78, 5) is 31.1. The topological polar surface area (TPSA) is 49.9 Å². The van der Waals surface area contributed by atoms with E-state index in [4.69, 9.17) is 4.74 Å². The van der Waals surface area contributed by atoms with Gasteiger partial charge >= 0.3 is 0 Å². The molecule has 0 saturated carbocycles. The average Bonchev–Trinajstić information content (AvgIpc) is 3.24. The third-order valence-electron chi connectivity index (χ3n) is 7.12. The number of amides is 2. The normalized spacial score (nSPS) is 24.6. The minimum Gasteiger partial charge on any atom is -0.381 e. The third-order valence-corrected chi connectivity index (χ3v) is 7.12. The van der Waals surface area contributed by atoms with Crippen molar-refractivity contribution in [2.24, 2.45) is 5.41 Å². The molecule has 3 aliphatic heterocycles. The summed E-state index contributed by atoms with van der Waals surface area (Å²) in [7, 11) is 0. The van der Waals surface area contributed by atoms with E-state index in [2.05, 4.69) is 6.92 Å². The van der Waals surface area contributed by atoms with E-state index < -0.39 is 0 Å². The molecule has 152 valence electrons. The van der Waals surface area contributed by atoms with Crippen molar-refractivity contribution < 1.29 is 14.3 Å². The van der Waals surface area contributed by atoms with Gasteiger partial charge in [-0.25, -0.2) is 0 Å². The monoisotopic (exact) mass is 384 g/mol. The van der Waals surface area contributed by atoms with Gasteiger partial charge < -0.3 is 14.5 Å². The molecule has 5 nitrogen and oxygen atoms in total. The Labute approximate surface area is 168 Å². The second kappa shape index (κ2) is 7.86. The van der Waals surface area contributed by atoms with Gasteiger partial charge in [-0.3, -0.25) is 9.59 Å². The first-order valence-electron chi connectivity index (χ1n) is 10.8. The lowest BCUT2D eigenvalue weighted by atomic mass is 9.67. The Morgan fingerprint density at radius 2 is 1.68 bits per heavy atom. The van der Waals surface area contributed by atoms with Crippen molar-refractivity contribution in [3.8, 4) is 0 Å². The number of aryl methyl sites for hydroxylation is 2. The van der Waals surface area contributed by atoms with Crippen molar-refractivity contribution >= 4 is 11.8 Å². The van der Waals surface area contributed by atoms with E-state index in [0.717, 1.165) is 57.2 Å². The van der Waals surface area contributed by atoms with Gasteiger partial charge in [0.2, 0.25) is 5.91 Å². The van der Waals surface area contributed by atoms with Crippen LogP contribution in [0.5, 0.6) is 0 Å². The minimum atomic E-state index is -0.350. The Kier molecular flexibility index (Phi) is 5.46. The van der Waals surface area contributed by atoms with Gasteiger partial charge in [-0.15, -0.1) is 0 Å². The van der Waals surface area contributed by atoms with Gasteiger partial charge in [-0.2, -0.15) is 0 Å². The van der Waals surface area contributed by atoms with Gasteiger partial charge in [-0.05, 0) is 75.6 Å². The number of piperidine rings is 1.